The van der Waals surface area contributed by atoms with Gasteiger partial charge in [0.25, 0.3) is 0 Å². The number of halogens is 1. The zero-order valence-corrected chi connectivity index (χ0v) is 10.9. The number of carbonyl (C=O) groups is 2. The Hall–Kier alpha value is -2.48. The Kier molecular flexibility index (Phi) is 3.30. The van der Waals surface area contributed by atoms with Gasteiger partial charge in [0.05, 0.1) is 23.4 Å². The summed E-state index contributed by atoms with van der Waals surface area (Å²) >= 11 is 0. The molecule has 110 valence electrons. The SMILES string of the molecule is O=C(Nc1cccc2c1cnn2C(=O)O)[C@H]1C[C@@H](F)CN1. The Morgan fingerprint density at radius 1 is 1.48 bits per heavy atom. The molecule has 3 N–H and O–H groups in total. The molecule has 1 fully saturated rings. The predicted molar refractivity (Wildman–Crippen MR) is 73.1 cm³/mol. The molecule has 0 bridgehead atoms. The highest BCUT2D eigenvalue weighted by molar-refractivity contribution is 6.04. The molecule has 0 radical (unpaired) electrons. The first-order chi connectivity index (χ1) is 10.1. The molecule has 21 heavy (non-hydrogen) atoms. The number of carbonyl (C=O) groups excluding carboxylic acids is 1. The fraction of sp³-hybridized carbons (Fsp3) is 0.308. The molecular formula is C13H13FN4O3. The minimum Gasteiger partial charge on any atom is -0.463 e. The van der Waals surface area contributed by atoms with E-state index in [4.69, 9.17) is 5.11 Å². The van der Waals surface area contributed by atoms with Gasteiger partial charge in [-0.3, -0.25) is 4.79 Å². The van der Waals surface area contributed by atoms with Crippen LogP contribution in [0, 0.1) is 0 Å². The van der Waals surface area contributed by atoms with Crippen LogP contribution in [0.2, 0.25) is 0 Å². The number of anilines is 1. The molecule has 7 nitrogen and oxygen atoms in total. The topological polar surface area (TPSA) is 96.2 Å². The van der Waals surface area contributed by atoms with Gasteiger partial charge in [0.1, 0.15) is 6.17 Å². The van der Waals surface area contributed by atoms with Crippen LogP contribution in [0.15, 0.2) is 24.4 Å². The lowest BCUT2D eigenvalue weighted by Gasteiger charge is -2.11. The van der Waals surface area contributed by atoms with Crippen molar-refractivity contribution in [3.63, 3.8) is 0 Å². The van der Waals surface area contributed by atoms with Gasteiger partial charge >= 0.3 is 6.09 Å². The van der Waals surface area contributed by atoms with Crippen molar-refractivity contribution in [1.82, 2.24) is 15.1 Å². The van der Waals surface area contributed by atoms with Crippen LogP contribution < -0.4 is 10.6 Å². The number of carboxylic acid groups (broad SMARTS) is 1. The largest absolute Gasteiger partial charge is 0.463 e. The van der Waals surface area contributed by atoms with Gasteiger partial charge in [0.15, 0.2) is 0 Å². The maximum absolute atomic E-state index is 13.1. The maximum atomic E-state index is 13.1. The van der Waals surface area contributed by atoms with Gasteiger partial charge in [-0.1, -0.05) is 6.07 Å². The van der Waals surface area contributed by atoms with Crippen molar-refractivity contribution >= 4 is 28.6 Å². The number of hydrogen-bond acceptors (Lipinski definition) is 4. The molecule has 1 aliphatic heterocycles. The van der Waals surface area contributed by atoms with Crippen LogP contribution in [0.25, 0.3) is 10.9 Å². The van der Waals surface area contributed by atoms with Crippen molar-refractivity contribution in [1.29, 1.82) is 0 Å². The summed E-state index contributed by atoms with van der Waals surface area (Å²) in [6, 6.07) is 4.29. The molecule has 3 rings (SSSR count). The van der Waals surface area contributed by atoms with Crippen molar-refractivity contribution in [2.24, 2.45) is 0 Å². The molecule has 1 saturated heterocycles. The summed E-state index contributed by atoms with van der Waals surface area (Å²) in [5.74, 6) is -0.342. The smallest absolute Gasteiger partial charge is 0.432 e. The van der Waals surface area contributed by atoms with Gasteiger partial charge in [-0.25, -0.2) is 9.18 Å². The molecule has 2 atom stereocenters. The van der Waals surface area contributed by atoms with Crippen molar-refractivity contribution in [3.05, 3.63) is 24.4 Å². The van der Waals surface area contributed by atoms with E-state index in [1.807, 2.05) is 0 Å². The third kappa shape index (κ3) is 2.45. The fourth-order valence-corrected chi connectivity index (χ4v) is 2.42. The number of fused-ring (bicyclic) bond motifs is 1. The van der Waals surface area contributed by atoms with E-state index in [1.54, 1.807) is 18.2 Å². The summed E-state index contributed by atoms with van der Waals surface area (Å²) in [6.45, 7) is 0.166. The van der Waals surface area contributed by atoms with E-state index < -0.39 is 18.3 Å². The van der Waals surface area contributed by atoms with Crippen LogP contribution in [0.1, 0.15) is 6.42 Å². The maximum Gasteiger partial charge on any atom is 0.432 e. The van der Waals surface area contributed by atoms with Crippen LogP contribution in [0.3, 0.4) is 0 Å². The van der Waals surface area contributed by atoms with E-state index in [0.29, 0.717) is 16.6 Å². The first-order valence-electron chi connectivity index (χ1n) is 6.44. The second-order valence-electron chi connectivity index (χ2n) is 4.86. The van der Waals surface area contributed by atoms with Crippen molar-refractivity contribution in [2.45, 2.75) is 18.6 Å². The molecule has 0 aliphatic carbocycles. The predicted octanol–water partition coefficient (Wildman–Crippen LogP) is 1.20. The number of nitrogens with one attached hydrogen (secondary N) is 2. The molecule has 1 aliphatic rings. The van der Waals surface area contributed by atoms with Crippen LogP contribution >= 0.6 is 0 Å². The van der Waals surface area contributed by atoms with Gasteiger partial charge in [-0.15, -0.1) is 0 Å². The van der Waals surface area contributed by atoms with Crippen molar-refractivity contribution in [2.75, 3.05) is 11.9 Å². The lowest BCUT2D eigenvalue weighted by molar-refractivity contribution is -0.117. The second-order valence-corrected chi connectivity index (χ2v) is 4.86. The molecule has 0 spiro atoms. The molecule has 2 heterocycles. The summed E-state index contributed by atoms with van der Waals surface area (Å²) in [5.41, 5.74) is 0.831. The van der Waals surface area contributed by atoms with E-state index in [1.165, 1.54) is 6.20 Å². The fourth-order valence-electron chi connectivity index (χ4n) is 2.42. The first-order valence-corrected chi connectivity index (χ1v) is 6.44. The van der Waals surface area contributed by atoms with Gasteiger partial charge in [-0.05, 0) is 12.1 Å². The molecule has 8 heteroatoms. The Morgan fingerprint density at radius 3 is 2.95 bits per heavy atom. The van der Waals surface area contributed by atoms with Gasteiger partial charge in [0.2, 0.25) is 5.91 Å². The van der Waals surface area contributed by atoms with E-state index >= 15 is 0 Å². The number of alkyl halides is 1. The highest BCUT2D eigenvalue weighted by atomic mass is 19.1. The molecule has 2 aromatic rings. The number of benzene rings is 1. The van der Waals surface area contributed by atoms with Crippen LogP contribution in [-0.2, 0) is 4.79 Å². The number of rotatable bonds is 2. The number of nitrogens with zero attached hydrogens (tertiary/aromatic N) is 2. The Bertz CT molecular complexity index is 715. The van der Waals surface area contributed by atoms with E-state index in [9.17, 15) is 14.0 Å². The van der Waals surface area contributed by atoms with E-state index in [2.05, 4.69) is 15.7 Å². The van der Waals surface area contributed by atoms with Crippen LogP contribution in [-0.4, -0.2) is 45.6 Å². The third-order valence-corrected chi connectivity index (χ3v) is 3.45. The van der Waals surface area contributed by atoms with Crippen LogP contribution in [0.5, 0.6) is 0 Å². The normalized spacial score (nSPS) is 21.6. The minimum atomic E-state index is -1.20. The molecule has 0 unspecified atom stereocenters. The highest BCUT2D eigenvalue weighted by Crippen LogP contribution is 2.23. The summed E-state index contributed by atoms with van der Waals surface area (Å²) in [6.07, 6.45) is -0.715. The molecule has 1 amide bonds. The Balaban J connectivity index is 1.87. The lowest BCUT2D eigenvalue weighted by Crippen LogP contribution is -2.35. The number of amides is 1. The number of aromatic nitrogens is 2. The second kappa shape index (κ2) is 5.13. The van der Waals surface area contributed by atoms with E-state index in [0.717, 1.165) is 4.68 Å². The van der Waals surface area contributed by atoms with Crippen molar-refractivity contribution in [3.8, 4) is 0 Å². The van der Waals surface area contributed by atoms with Gasteiger partial charge in [-0.2, -0.15) is 9.78 Å². The monoisotopic (exact) mass is 292 g/mol. The summed E-state index contributed by atoms with van der Waals surface area (Å²) in [5, 5.41) is 18.8. The van der Waals surface area contributed by atoms with Crippen LogP contribution in [0.4, 0.5) is 14.9 Å². The van der Waals surface area contributed by atoms with E-state index in [-0.39, 0.29) is 18.9 Å². The summed E-state index contributed by atoms with van der Waals surface area (Å²) in [4.78, 5) is 23.1. The Labute approximate surface area is 118 Å². The van der Waals surface area contributed by atoms with Crippen molar-refractivity contribution < 1.29 is 19.1 Å². The summed E-state index contributed by atoms with van der Waals surface area (Å²) in [7, 11) is 0. The molecule has 1 aromatic heterocycles. The molecular weight excluding hydrogens is 279 g/mol. The minimum absolute atomic E-state index is 0.135. The average molecular weight is 292 g/mol. The zero-order chi connectivity index (χ0) is 15.0. The zero-order valence-electron chi connectivity index (χ0n) is 10.9. The van der Waals surface area contributed by atoms with Gasteiger partial charge < -0.3 is 15.7 Å². The average Bonchev–Trinajstić information content (AvgIpc) is 3.05. The first kappa shape index (κ1) is 13.5. The van der Waals surface area contributed by atoms with Gasteiger partial charge in [0, 0.05) is 18.4 Å². The summed E-state index contributed by atoms with van der Waals surface area (Å²) < 4.78 is 13.9. The molecule has 0 saturated carbocycles. The Morgan fingerprint density at radius 2 is 2.29 bits per heavy atom. The lowest BCUT2D eigenvalue weighted by atomic mass is 10.1. The quantitative estimate of drug-likeness (QED) is 0.773. The molecule has 1 aromatic carbocycles. The third-order valence-electron chi connectivity index (χ3n) is 3.45. The standard InChI is InChI=1S/C13H13FN4O3/c14-7-4-10(15-5-7)12(19)17-9-2-1-3-11-8(9)6-16-18(11)13(20)21/h1-3,6-7,10,15H,4-5H2,(H,17,19)(H,20,21)/t7-,10-/m1/s1. The highest BCUT2D eigenvalue weighted by Gasteiger charge is 2.29. The number of hydrogen-bond donors (Lipinski definition) is 3.